The second-order valence-corrected chi connectivity index (χ2v) is 2.65. The average Bonchev–Trinajstić information content (AvgIpc) is 2.17. The van der Waals surface area contributed by atoms with E-state index in [1.807, 2.05) is 18.2 Å². The molecule has 1 aliphatic carbocycles. The second-order valence-electron chi connectivity index (χ2n) is 2.65. The maximum absolute atomic E-state index is 8.66. The molecule has 1 aliphatic heterocycles. The number of aliphatic imine (C=N–C) groups is 1. The molecular formula is C9H8N2O. The van der Waals surface area contributed by atoms with Crippen LogP contribution in [-0.4, -0.2) is 17.1 Å². The molecule has 1 atom stereocenters. The monoisotopic (exact) mass is 160 g/mol. The molecule has 2 aliphatic rings. The van der Waals surface area contributed by atoms with Gasteiger partial charge in [-0.05, 0) is 11.6 Å². The maximum Gasteiger partial charge on any atom is 0.0909 e. The molecule has 3 heteroatoms. The third kappa shape index (κ3) is 0.993. The number of oxime groups is 1. The minimum Gasteiger partial charge on any atom is -0.411 e. The van der Waals surface area contributed by atoms with E-state index in [9.17, 15) is 0 Å². The molecule has 0 fully saturated rings. The summed E-state index contributed by atoms with van der Waals surface area (Å²) in [6.07, 6.45) is 11.0. The van der Waals surface area contributed by atoms with E-state index in [-0.39, 0.29) is 5.92 Å². The molecule has 1 heterocycles. The first-order valence-corrected chi connectivity index (χ1v) is 3.72. The van der Waals surface area contributed by atoms with Crippen LogP contribution in [0.4, 0.5) is 0 Å². The van der Waals surface area contributed by atoms with Crippen LogP contribution in [0.2, 0.25) is 0 Å². The van der Waals surface area contributed by atoms with Crippen LogP contribution >= 0.6 is 0 Å². The Labute approximate surface area is 70.1 Å². The number of hydrogen-bond donors (Lipinski definition) is 1. The largest absolute Gasteiger partial charge is 0.411 e. The minimum atomic E-state index is 0.0810. The Balaban J connectivity index is 2.42. The predicted octanol–water partition coefficient (Wildman–Crippen LogP) is 1.53. The van der Waals surface area contributed by atoms with Crippen molar-refractivity contribution in [2.75, 3.05) is 0 Å². The highest BCUT2D eigenvalue weighted by Gasteiger charge is 2.19. The molecule has 2 rings (SSSR count). The first-order chi connectivity index (χ1) is 5.92. The molecular weight excluding hydrogens is 152 g/mol. The fraction of sp³-hybridized carbons (Fsp3) is 0.111. The van der Waals surface area contributed by atoms with E-state index >= 15 is 0 Å². The van der Waals surface area contributed by atoms with Crippen molar-refractivity contribution in [1.82, 2.24) is 0 Å². The van der Waals surface area contributed by atoms with Crippen LogP contribution in [0.15, 0.2) is 46.2 Å². The standard InChI is InChI=1S/C9H8N2O/c12-11-9-3-1-2-7-6-10-5-4-8(7)9/h1-6,8,12H. The first-order valence-electron chi connectivity index (χ1n) is 3.72. The fourth-order valence-electron chi connectivity index (χ4n) is 1.33. The minimum absolute atomic E-state index is 0.0810. The van der Waals surface area contributed by atoms with Gasteiger partial charge in [0, 0.05) is 12.4 Å². The summed E-state index contributed by atoms with van der Waals surface area (Å²) in [5, 5.41) is 11.9. The topological polar surface area (TPSA) is 45.0 Å². The van der Waals surface area contributed by atoms with Crippen LogP contribution < -0.4 is 0 Å². The molecule has 1 unspecified atom stereocenters. The van der Waals surface area contributed by atoms with E-state index in [4.69, 9.17) is 5.21 Å². The lowest BCUT2D eigenvalue weighted by Gasteiger charge is -2.17. The fourth-order valence-corrected chi connectivity index (χ4v) is 1.33. The highest BCUT2D eigenvalue weighted by molar-refractivity contribution is 6.06. The lowest BCUT2D eigenvalue weighted by atomic mass is 9.89. The molecule has 0 spiro atoms. The predicted molar refractivity (Wildman–Crippen MR) is 47.6 cm³/mol. The molecule has 0 aromatic carbocycles. The molecule has 0 radical (unpaired) electrons. The summed E-state index contributed by atoms with van der Waals surface area (Å²) in [5.74, 6) is 0.0810. The van der Waals surface area contributed by atoms with Gasteiger partial charge in [0.25, 0.3) is 0 Å². The van der Waals surface area contributed by atoms with Crippen molar-refractivity contribution in [3.63, 3.8) is 0 Å². The lowest BCUT2D eigenvalue weighted by Crippen LogP contribution is -2.17. The summed E-state index contributed by atoms with van der Waals surface area (Å²) in [6.45, 7) is 0. The van der Waals surface area contributed by atoms with E-state index in [1.54, 1.807) is 18.5 Å². The van der Waals surface area contributed by atoms with Crippen molar-refractivity contribution in [2.45, 2.75) is 0 Å². The zero-order valence-corrected chi connectivity index (χ0v) is 6.38. The van der Waals surface area contributed by atoms with Gasteiger partial charge in [0.15, 0.2) is 0 Å². The molecule has 0 aromatic rings. The number of hydrogen-bond acceptors (Lipinski definition) is 3. The Hall–Kier alpha value is -1.64. The van der Waals surface area contributed by atoms with Gasteiger partial charge in [-0.3, -0.25) is 4.99 Å². The van der Waals surface area contributed by atoms with Crippen LogP contribution in [0.5, 0.6) is 0 Å². The highest BCUT2D eigenvalue weighted by atomic mass is 16.4. The van der Waals surface area contributed by atoms with Gasteiger partial charge in [-0.25, -0.2) is 0 Å². The molecule has 0 amide bonds. The van der Waals surface area contributed by atoms with Crippen molar-refractivity contribution in [2.24, 2.45) is 16.1 Å². The SMILES string of the molecule is ON=C1C=CC=C2C=NC=CC21. The number of fused-ring (bicyclic) bond motifs is 1. The van der Waals surface area contributed by atoms with Crippen LogP contribution in [0.3, 0.4) is 0 Å². The molecule has 1 N–H and O–H groups in total. The van der Waals surface area contributed by atoms with E-state index in [2.05, 4.69) is 10.1 Å². The van der Waals surface area contributed by atoms with Crippen molar-refractivity contribution in [1.29, 1.82) is 0 Å². The van der Waals surface area contributed by atoms with Gasteiger partial charge in [0.1, 0.15) is 0 Å². The summed E-state index contributed by atoms with van der Waals surface area (Å²) >= 11 is 0. The summed E-state index contributed by atoms with van der Waals surface area (Å²) in [5.41, 5.74) is 1.72. The zero-order valence-electron chi connectivity index (χ0n) is 6.38. The molecule has 3 nitrogen and oxygen atoms in total. The average molecular weight is 160 g/mol. The Kier molecular flexibility index (Phi) is 1.63. The Morgan fingerprint density at radius 3 is 3.25 bits per heavy atom. The molecule has 0 saturated heterocycles. The third-order valence-corrected chi connectivity index (χ3v) is 1.94. The van der Waals surface area contributed by atoms with Gasteiger partial charge < -0.3 is 5.21 Å². The molecule has 0 aromatic heterocycles. The number of nitrogens with zero attached hydrogens (tertiary/aromatic N) is 2. The smallest absolute Gasteiger partial charge is 0.0909 e. The lowest BCUT2D eigenvalue weighted by molar-refractivity contribution is 0.317. The summed E-state index contributed by atoms with van der Waals surface area (Å²) < 4.78 is 0. The van der Waals surface area contributed by atoms with E-state index in [0.717, 1.165) is 5.57 Å². The highest BCUT2D eigenvalue weighted by Crippen LogP contribution is 2.21. The van der Waals surface area contributed by atoms with Crippen LogP contribution in [0.25, 0.3) is 0 Å². The van der Waals surface area contributed by atoms with Gasteiger partial charge in [-0.1, -0.05) is 23.4 Å². The normalized spacial score (nSPS) is 28.8. The van der Waals surface area contributed by atoms with Gasteiger partial charge in [0.2, 0.25) is 0 Å². The number of rotatable bonds is 0. The third-order valence-electron chi connectivity index (χ3n) is 1.94. The maximum atomic E-state index is 8.66. The summed E-state index contributed by atoms with van der Waals surface area (Å²) in [6, 6.07) is 0. The van der Waals surface area contributed by atoms with E-state index < -0.39 is 0 Å². The van der Waals surface area contributed by atoms with Crippen LogP contribution in [0.1, 0.15) is 0 Å². The van der Waals surface area contributed by atoms with Gasteiger partial charge in [-0.15, -0.1) is 0 Å². The van der Waals surface area contributed by atoms with E-state index in [1.165, 1.54) is 0 Å². The van der Waals surface area contributed by atoms with Gasteiger partial charge >= 0.3 is 0 Å². The van der Waals surface area contributed by atoms with Crippen LogP contribution in [0, 0.1) is 5.92 Å². The molecule has 12 heavy (non-hydrogen) atoms. The Morgan fingerprint density at radius 1 is 1.50 bits per heavy atom. The van der Waals surface area contributed by atoms with Crippen molar-refractivity contribution < 1.29 is 5.21 Å². The second kappa shape index (κ2) is 2.77. The van der Waals surface area contributed by atoms with Gasteiger partial charge in [-0.2, -0.15) is 0 Å². The summed E-state index contributed by atoms with van der Waals surface area (Å²) in [4.78, 5) is 3.99. The number of allylic oxidation sites excluding steroid dienone is 5. The van der Waals surface area contributed by atoms with Gasteiger partial charge in [0.05, 0.1) is 11.6 Å². The van der Waals surface area contributed by atoms with E-state index in [0.29, 0.717) is 5.71 Å². The quantitative estimate of drug-likeness (QED) is 0.424. The zero-order chi connectivity index (χ0) is 8.39. The molecule has 0 bridgehead atoms. The van der Waals surface area contributed by atoms with Crippen molar-refractivity contribution in [3.8, 4) is 0 Å². The van der Waals surface area contributed by atoms with Crippen molar-refractivity contribution in [3.05, 3.63) is 36.1 Å². The molecule has 60 valence electrons. The molecule has 0 saturated carbocycles. The summed E-state index contributed by atoms with van der Waals surface area (Å²) in [7, 11) is 0. The Bertz CT molecular complexity index is 334. The Morgan fingerprint density at radius 2 is 2.42 bits per heavy atom. The first kappa shape index (κ1) is 7.03. The van der Waals surface area contributed by atoms with Crippen LogP contribution in [-0.2, 0) is 0 Å². The van der Waals surface area contributed by atoms with Crippen molar-refractivity contribution >= 4 is 11.9 Å².